The molecule has 0 bridgehead atoms. The highest BCUT2D eigenvalue weighted by Crippen LogP contribution is 2.34. The lowest BCUT2D eigenvalue weighted by atomic mass is 10.1. The number of carboxylic acids is 1. The minimum atomic E-state index is -1.07. The average Bonchev–Trinajstić information content (AvgIpc) is 2.46. The number of ether oxygens (including phenoxy) is 1. The summed E-state index contributed by atoms with van der Waals surface area (Å²) in [5.74, 6) is -1.50. The van der Waals surface area contributed by atoms with Crippen LogP contribution in [-0.2, 0) is 9.59 Å². The lowest BCUT2D eigenvalue weighted by Crippen LogP contribution is -2.38. The van der Waals surface area contributed by atoms with Crippen LogP contribution in [0.3, 0.4) is 0 Å². The summed E-state index contributed by atoms with van der Waals surface area (Å²) >= 11 is 0. The highest BCUT2D eigenvalue weighted by Gasteiger charge is 2.29. The summed E-state index contributed by atoms with van der Waals surface area (Å²) in [5.41, 5.74) is 0.666. The predicted octanol–water partition coefficient (Wildman–Crippen LogP) is 1.34. The molecule has 1 aliphatic heterocycles. The number of nitrogens with one attached hydrogen (secondary N) is 1. The van der Waals surface area contributed by atoms with Crippen LogP contribution in [0.1, 0.15) is 30.6 Å². The van der Waals surface area contributed by atoms with Gasteiger partial charge in [-0.05, 0) is 25.5 Å². The number of hydrogen-bond donors (Lipinski definition) is 2. The molecule has 1 aromatic carbocycles. The molecule has 1 aliphatic rings. The fourth-order valence-corrected chi connectivity index (χ4v) is 2.25. The summed E-state index contributed by atoms with van der Waals surface area (Å²) in [6.07, 6.45) is -0.0669. The van der Waals surface area contributed by atoms with E-state index in [1.807, 2.05) is 6.92 Å². The van der Waals surface area contributed by atoms with Gasteiger partial charge in [-0.25, -0.2) is 0 Å². The molecule has 22 heavy (non-hydrogen) atoms. The van der Waals surface area contributed by atoms with E-state index in [-0.39, 0.29) is 23.8 Å². The number of carbonyl (C=O) groups excluding carboxylic acids is 2. The van der Waals surface area contributed by atoms with Crippen molar-refractivity contribution in [1.29, 1.82) is 0 Å². The first kappa shape index (κ1) is 15.8. The quantitative estimate of drug-likeness (QED) is 0.856. The van der Waals surface area contributed by atoms with Crippen molar-refractivity contribution in [3.05, 3.63) is 23.8 Å². The van der Waals surface area contributed by atoms with E-state index in [1.165, 1.54) is 4.90 Å². The summed E-state index contributed by atoms with van der Waals surface area (Å²) in [4.78, 5) is 36.4. The first-order valence-electron chi connectivity index (χ1n) is 7.05. The van der Waals surface area contributed by atoms with Gasteiger partial charge in [0.2, 0.25) is 0 Å². The van der Waals surface area contributed by atoms with Gasteiger partial charge in [-0.1, -0.05) is 13.0 Å². The summed E-state index contributed by atoms with van der Waals surface area (Å²) in [5, 5.41) is 11.6. The van der Waals surface area contributed by atoms with Crippen LogP contribution in [0.2, 0.25) is 0 Å². The fraction of sp³-hybridized carbons (Fsp3) is 0.400. The van der Waals surface area contributed by atoms with E-state index in [0.717, 1.165) is 0 Å². The van der Waals surface area contributed by atoms with Crippen LogP contribution in [0.5, 0.6) is 5.75 Å². The molecule has 2 N–H and O–H groups in total. The van der Waals surface area contributed by atoms with Gasteiger partial charge < -0.3 is 20.1 Å². The van der Waals surface area contributed by atoms with Gasteiger partial charge in [-0.15, -0.1) is 0 Å². The number of hydrogen-bond acceptors (Lipinski definition) is 4. The zero-order valence-corrected chi connectivity index (χ0v) is 12.5. The van der Waals surface area contributed by atoms with Crippen LogP contribution < -0.4 is 10.1 Å². The number of nitrogens with zero attached hydrogens (tertiary/aromatic N) is 1. The van der Waals surface area contributed by atoms with Gasteiger partial charge in [-0.2, -0.15) is 0 Å². The largest absolute Gasteiger partial charge is 0.480 e. The molecule has 1 atom stereocenters. The second kappa shape index (κ2) is 6.46. The molecule has 1 aromatic rings. The van der Waals surface area contributed by atoms with E-state index >= 15 is 0 Å². The van der Waals surface area contributed by atoms with Crippen LogP contribution in [-0.4, -0.2) is 47.0 Å². The topological polar surface area (TPSA) is 95.9 Å². The third kappa shape index (κ3) is 3.19. The Kier molecular flexibility index (Phi) is 4.65. The van der Waals surface area contributed by atoms with Gasteiger partial charge in [0.1, 0.15) is 6.54 Å². The minimum Gasteiger partial charge on any atom is -0.480 e. The van der Waals surface area contributed by atoms with Crippen molar-refractivity contribution in [2.45, 2.75) is 26.4 Å². The van der Waals surface area contributed by atoms with Gasteiger partial charge in [0, 0.05) is 6.54 Å². The molecule has 2 amide bonds. The monoisotopic (exact) mass is 306 g/mol. The molecule has 1 heterocycles. The molecule has 0 aromatic heterocycles. The Labute approximate surface area is 127 Å². The summed E-state index contributed by atoms with van der Waals surface area (Å²) in [7, 11) is 0. The lowest BCUT2D eigenvalue weighted by molar-refractivity contribution is -0.137. The number of para-hydroxylation sites is 1. The standard InChI is InChI=1S/C15H18N2O5/c1-3-7-17(8-12(18)19)15(21)10-5-4-6-11-13(10)22-9(2)14(20)16-11/h4-6,9H,3,7-8H2,1-2H3,(H,16,20)(H,18,19). The Hall–Kier alpha value is -2.57. The molecule has 7 heteroatoms. The Morgan fingerprint density at radius 3 is 2.77 bits per heavy atom. The van der Waals surface area contributed by atoms with E-state index in [1.54, 1.807) is 25.1 Å². The Morgan fingerprint density at radius 2 is 2.14 bits per heavy atom. The van der Waals surface area contributed by atoms with Gasteiger partial charge in [0.05, 0.1) is 11.3 Å². The first-order valence-corrected chi connectivity index (χ1v) is 7.05. The molecule has 0 radical (unpaired) electrons. The van der Waals surface area contributed by atoms with E-state index in [4.69, 9.17) is 9.84 Å². The zero-order chi connectivity index (χ0) is 16.3. The summed E-state index contributed by atoms with van der Waals surface area (Å²) < 4.78 is 5.52. The van der Waals surface area contributed by atoms with Gasteiger partial charge in [-0.3, -0.25) is 14.4 Å². The smallest absolute Gasteiger partial charge is 0.323 e. The van der Waals surface area contributed by atoms with E-state index in [9.17, 15) is 14.4 Å². The predicted molar refractivity (Wildman–Crippen MR) is 79.0 cm³/mol. The molecule has 0 spiro atoms. The molecule has 1 unspecified atom stereocenters. The zero-order valence-electron chi connectivity index (χ0n) is 12.5. The minimum absolute atomic E-state index is 0.249. The second-order valence-corrected chi connectivity index (χ2v) is 5.05. The van der Waals surface area contributed by atoms with Gasteiger partial charge >= 0.3 is 5.97 Å². The maximum absolute atomic E-state index is 12.6. The second-order valence-electron chi connectivity index (χ2n) is 5.05. The van der Waals surface area contributed by atoms with E-state index < -0.39 is 18.0 Å². The third-order valence-corrected chi connectivity index (χ3v) is 3.27. The average molecular weight is 306 g/mol. The maximum Gasteiger partial charge on any atom is 0.323 e. The first-order chi connectivity index (χ1) is 10.4. The van der Waals surface area contributed by atoms with Crippen LogP contribution in [0.15, 0.2) is 18.2 Å². The van der Waals surface area contributed by atoms with Crippen LogP contribution in [0.4, 0.5) is 5.69 Å². The maximum atomic E-state index is 12.6. The number of rotatable bonds is 5. The van der Waals surface area contributed by atoms with Crippen molar-refractivity contribution in [1.82, 2.24) is 4.90 Å². The normalized spacial score (nSPS) is 16.3. The lowest BCUT2D eigenvalue weighted by Gasteiger charge is -2.27. The molecular weight excluding hydrogens is 288 g/mol. The summed E-state index contributed by atoms with van der Waals surface area (Å²) in [6, 6.07) is 4.82. The fourth-order valence-electron chi connectivity index (χ4n) is 2.25. The van der Waals surface area contributed by atoms with Crippen molar-refractivity contribution in [2.24, 2.45) is 0 Å². The van der Waals surface area contributed by atoms with Crippen LogP contribution >= 0.6 is 0 Å². The van der Waals surface area contributed by atoms with Gasteiger partial charge in [0.15, 0.2) is 11.9 Å². The molecule has 7 nitrogen and oxygen atoms in total. The number of fused-ring (bicyclic) bond motifs is 1. The Balaban J connectivity index is 2.35. The molecule has 0 aliphatic carbocycles. The van der Waals surface area contributed by atoms with E-state index in [2.05, 4.69) is 5.32 Å². The number of anilines is 1. The molecule has 0 fully saturated rings. The van der Waals surface area contributed by atoms with Crippen molar-refractivity contribution < 1.29 is 24.2 Å². The number of carbonyl (C=O) groups is 3. The van der Waals surface area contributed by atoms with E-state index in [0.29, 0.717) is 18.7 Å². The number of benzene rings is 1. The van der Waals surface area contributed by atoms with Crippen molar-refractivity contribution in [3.8, 4) is 5.75 Å². The van der Waals surface area contributed by atoms with Crippen molar-refractivity contribution in [3.63, 3.8) is 0 Å². The summed E-state index contributed by atoms with van der Waals surface area (Å²) in [6.45, 7) is 3.40. The molecule has 2 rings (SSSR count). The van der Waals surface area contributed by atoms with Crippen molar-refractivity contribution >= 4 is 23.5 Å². The molecule has 118 valence electrons. The number of carboxylic acid groups (broad SMARTS) is 1. The third-order valence-electron chi connectivity index (χ3n) is 3.27. The molecule has 0 saturated heterocycles. The highest BCUT2D eigenvalue weighted by molar-refractivity contribution is 6.04. The van der Waals surface area contributed by atoms with Gasteiger partial charge in [0.25, 0.3) is 11.8 Å². The molecule has 0 saturated carbocycles. The van der Waals surface area contributed by atoms with Crippen LogP contribution in [0.25, 0.3) is 0 Å². The number of amides is 2. The number of aliphatic carboxylic acids is 1. The Morgan fingerprint density at radius 1 is 1.41 bits per heavy atom. The van der Waals surface area contributed by atoms with Crippen molar-refractivity contribution in [2.75, 3.05) is 18.4 Å². The highest BCUT2D eigenvalue weighted by atomic mass is 16.5. The Bertz CT molecular complexity index is 614. The SMILES string of the molecule is CCCN(CC(=O)O)C(=O)c1cccc2c1OC(C)C(=O)N2. The van der Waals surface area contributed by atoms with Crippen LogP contribution in [0, 0.1) is 0 Å². The molecular formula is C15H18N2O5.